The van der Waals surface area contributed by atoms with E-state index in [-0.39, 0.29) is 5.92 Å². The monoisotopic (exact) mass is 272 g/mol. The van der Waals surface area contributed by atoms with Gasteiger partial charge in [-0.15, -0.1) is 0 Å². The minimum atomic E-state index is -0.997. The number of hydrogen-bond donors (Lipinski definition) is 3. The Morgan fingerprint density at radius 3 is 2.26 bits per heavy atom. The molecule has 0 rings (SSSR count). The number of carboxylic acids is 1. The Hall–Kier alpha value is -1.26. The first-order chi connectivity index (χ1) is 8.92. The van der Waals surface area contributed by atoms with Crippen LogP contribution in [0, 0.1) is 11.8 Å². The number of unbranched alkanes of at least 4 members (excludes halogenated alkanes) is 1. The lowest BCUT2D eigenvalue weighted by atomic mass is 9.99. The molecule has 0 aliphatic carbocycles. The van der Waals surface area contributed by atoms with Crippen molar-refractivity contribution < 1.29 is 14.7 Å². The van der Waals surface area contributed by atoms with Crippen molar-refractivity contribution in [1.29, 1.82) is 0 Å². The quantitative estimate of drug-likeness (QED) is 0.603. The standard InChI is InChI=1S/C14H28N2O3/c1-5-7-8-11(6-2)9-15-14(19)16-12(10(3)4)13(17)18/h10-12H,5-9H2,1-4H3,(H,17,18)(H2,15,16,19). The zero-order valence-corrected chi connectivity index (χ0v) is 12.5. The van der Waals surface area contributed by atoms with Crippen LogP contribution in [0.4, 0.5) is 4.79 Å². The van der Waals surface area contributed by atoms with Crippen LogP contribution in [0.2, 0.25) is 0 Å². The molecule has 0 saturated heterocycles. The highest BCUT2D eigenvalue weighted by Crippen LogP contribution is 2.11. The summed E-state index contributed by atoms with van der Waals surface area (Å²) in [4.78, 5) is 22.6. The van der Waals surface area contributed by atoms with Crippen LogP contribution in [0.5, 0.6) is 0 Å². The van der Waals surface area contributed by atoms with Crippen LogP contribution in [0.1, 0.15) is 53.4 Å². The zero-order valence-electron chi connectivity index (χ0n) is 12.5. The molecule has 0 radical (unpaired) electrons. The number of carbonyl (C=O) groups excluding carboxylic acids is 1. The molecule has 112 valence electrons. The Morgan fingerprint density at radius 1 is 1.21 bits per heavy atom. The molecule has 0 heterocycles. The Bertz CT molecular complexity index is 280. The number of carboxylic acid groups (broad SMARTS) is 1. The number of urea groups is 1. The van der Waals surface area contributed by atoms with Crippen molar-refractivity contribution in [3.8, 4) is 0 Å². The number of aliphatic carboxylic acids is 1. The first-order valence-electron chi connectivity index (χ1n) is 7.19. The first kappa shape index (κ1) is 17.7. The fraction of sp³-hybridized carbons (Fsp3) is 0.857. The molecule has 0 aromatic rings. The van der Waals surface area contributed by atoms with Gasteiger partial charge in [-0.3, -0.25) is 0 Å². The van der Waals surface area contributed by atoms with E-state index >= 15 is 0 Å². The highest BCUT2D eigenvalue weighted by atomic mass is 16.4. The fourth-order valence-corrected chi connectivity index (χ4v) is 1.89. The Morgan fingerprint density at radius 2 is 1.84 bits per heavy atom. The van der Waals surface area contributed by atoms with E-state index in [0.29, 0.717) is 12.5 Å². The molecule has 2 atom stereocenters. The van der Waals surface area contributed by atoms with Crippen molar-refractivity contribution in [2.75, 3.05) is 6.54 Å². The van der Waals surface area contributed by atoms with Crippen LogP contribution in [0.3, 0.4) is 0 Å². The summed E-state index contributed by atoms with van der Waals surface area (Å²) in [6.07, 6.45) is 4.43. The van der Waals surface area contributed by atoms with Crippen LogP contribution in [-0.2, 0) is 4.79 Å². The van der Waals surface area contributed by atoms with Crippen molar-refractivity contribution in [2.24, 2.45) is 11.8 Å². The minimum Gasteiger partial charge on any atom is -0.480 e. The molecular weight excluding hydrogens is 244 g/mol. The summed E-state index contributed by atoms with van der Waals surface area (Å²) in [7, 11) is 0. The van der Waals surface area contributed by atoms with E-state index in [1.165, 1.54) is 0 Å². The normalized spacial score (nSPS) is 13.9. The molecule has 19 heavy (non-hydrogen) atoms. The topological polar surface area (TPSA) is 78.4 Å². The van der Waals surface area contributed by atoms with Crippen LogP contribution in [-0.4, -0.2) is 29.7 Å². The predicted molar refractivity (Wildman–Crippen MR) is 76.1 cm³/mol. The predicted octanol–water partition coefficient (Wildman–Crippen LogP) is 2.61. The van der Waals surface area contributed by atoms with Gasteiger partial charge in [-0.25, -0.2) is 9.59 Å². The number of rotatable bonds is 9. The molecule has 2 amide bonds. The smallest absolute Gasteiger partial charge is 0.326 e. The lowest BCUT2D eigenvalue weighted by molar-refractivity contribution is -0.140. The molecule has 0 aromatic heterocycles. The molecule has 2 unspecified atom stereocenters. The molecule has 0 spiro atoms. The van der Waals surface area contributed by atoms with E-state index in [0.717, 1.165) is 25.7 Å². The van der Waals surface area contributed by atoms with Gasteiger partial charge < -0.3 is 15.7 Å². The lowest BCUT2D eigenvalue weighted by Gasteiger charge is -2.20. The summed E-state index contributed by atoms with van der Waals surface area (Å²) < 4.78 is 0. The molecule has 3 N–H and O–H groups in total. The highest BCUT2D eigenvalue weighted by Gasteiger charge is 2.23. The van der Waals surface area contributed by atoms with Crippen molar-refractivity contribution in [1.82, 2.24) is 10.6 Å². The number of hydrogen-bond acceptors (Lipinski definition) is 2. The van der Waals surface area contributed by atoms with Gasteiger partial charge in [-0.05, 0) is 18.3 Å². The number of nitrogens with one attached hydrogen (secondary N) is 2. The minimum absolute atomic E-state index is 0.134. The molecule has 0 aliphatic rings. The van der Waals surface area contributed by atoms with Crippen molar-refractivity contribution >= 4 is 12.0 Å². The second kappa shape index (κ2) is 9.64. The van der Waals surface area contributed by atoms with Gasteiger partial charge in [0.05, 0.1) is 0 Å². The van der Waals surface area contributed by atoms with Gasteiger partial charge in [0.15, 0.2) is 0 Å². The summed E-state index contributed by atoms with van der Waals surface area (Å²) in [6.45, 7) is 8.40. The molecule has 0 aliphatic heterocycles. The molecule has 0 aromatic carbocycles. The van der Waals surface area contributed by atoms with Crippen LogP contribution < -0.4 is 10.6 Å². The van der Waals surface area contributed by atoms with E-state index in [1.807, 2.05) is 0 Å². The average Bonchev–Trinajstić information content (AvgIpc) is 2.35. The van der Waals surface area contributed by atoms with Crippen molar-refractivity contribution in [3.63, 3.8) is 0 Å². The van der Waals surface area contributed by atoms with Crippen LogP contribution in [0.15, 0.2) is 0 Å². The molecule has 5 heteroatoms. The SMILES string of the molecule is CCCCC(CC)CNC(=O)NC(C(=O)O)C(C)C. The largest absolute Gasteiger partial charge is 0.480 e. The van der Waals surface area contributed by atoms with E-state index in [2.05, 4.69) is 24.5 Å². The maximum Gasteiger partial charge on any atom is 0.326 e. The number of amides is 2. The zero-order chi connectivity index (χ0) is 14.8. The van der Waals surface area contributed by atoms with Gasteiger partial charge in [0.2, 0.25) is 0 Å². The molecule has 0 fully saturated rings. The van der Waals surface area contributed by atoms with Gasteiger partial charge >= 0.3 is 12.0 Å². The third kappa shape index (κ3) is 7.70. The van der Waals surface area contributed by atoms with Crippen LogP contribution >= 0.6 is 0 Å². The van der Waals surface area contributed by atoms with Gasteiger partial charge in [0, 0.05) is 6.54 Å². The van der Waals surface area contributed by atoms with Gasteiger partial charge in [-0.1, -0.05) is 47.0 Å². The molecular formula is C14H28N2O3. The lowest BCUT2D eigenvalue weighted by Crippen LogP contribution is -2.49. The van der Waals surface area contributed by atoms with Gasteiger partial charge in [0.25, 0.3) is 0 Å². The summed E-state index contributed by atoms with van der Waals surface area (Å²) in [5, 5.41) is 14.3. The van der Waals surface area contributed by atoms with Crippen molar-refractivity contribution in [3.05, 3.63) is 0 Å². The summed E-state index contributed by atoms with van der Waals surface area (Å²) in [6, 6.07) is -1.23. The van der Waals surface area contributed by atoms with E-state index in [9.17, 15) is 9.59 Å². The maximum absolute atomic E-state index is 11.7. The fourth-order valence-electron chi connectivity index (χ4n) is 1.89. The van der Waals surface area contributed by atoms with E-state index < -0.39 is 18.0 Å². The van der Waals surface area contributed by atoms with Crippen LogP contribution in [0.25, 0.3) is 0 Å². The van der Waals surface area contributed by atoms with E-state index in [1.54, 1.807) is 13.8 Å². The highest BCUT2D eigenvalue weighted by molar-refractivity contribution is 5.82. The Balaban J connectivity index is 4.11. The van der Waals surface area contributed by atoms with Gasteiger partial charge in [-0.2, -0.15) is 0 Å². The molecule has 0 bridgehead atoms. The Kier molecular flexibility index (Phi) is 9.00. The summed E-state index contributed by atoms with van der Waals surface area (Å²) in [5.74, 6) is -0.665. The first-order valence-corrected chi connectivity index (χ1v) is 7.19. The second-order valence-corrected chi connectivity index (χ2v) is 5.33. The van der Waals surface area contributed by atoms with Gasteiger partial charge in [0.1, 0.15) is 6.04 Å². The number of carbonyl (C=O) groups is 2. The maximum atomic E-state index is 11.7. The second-order valence-electron chi connectivity index (χ2n) is 5.33. The molecule has 0 saturated carbocycles. The average molecular weight is 272 g/mol. The Labute approximate surface area is 116 Å². The third-order valence-corrected chi connectivity index (χ3v) is 3.31. The summed E-state index contributed by atoms with van der Waals surface area (Å²) in [5.41, 5.74) is 0. The van der Waals surface area contributed by atoms with E-state index in [4.69, 9.17) is 5.11 Å². The third-order valence-electron chi connectivity index (χ3n) is 3.31. The van der Waals surface area contributed by atoms with Crippen molar-refractivity contribution in [2.45, 2.75) is 59.4 Å². The molecule has 5 nitrogen and oxygen atoms in total. The summed E-state index contributed by atoms with van der Waals surface area (Å²) >= 11 is 0.